The summed E-state index contributed by atoms with van der Waals surface area (Å²) in [5.74, 6) is -0.295. The Morgan fingerprint density at radius 2 is 1.58 bits per heavy atom. The number of phenols is 1. The second-order valence-corrected chi connectivity index (χ2v) is 15.9. The molecule has 50 heavy (non-hydrogen) atoms. The molecule has 4 aliphatic rings. The maximum atomic E-state index is 14.0. The molecule has 2 aromatic carbocycles. The first-order valence-corrected chi connectivity index (χ1v) is 19.4. The molecular weight excluding hydrogens is 659 g/mol. The highest BCUT2D eigenvalue weighted by Crippen LogP contribution is 2.26. The number of hydrogen-bond donors (Lipinski definition) is 2. The van der Waals surface area contributed by atoms with Crippen molar-refractivity contribution in [3.63, 3.8) is 0 Å². The third kappa shape index (κ3) is 8.21. The number of carbonyl (C=O) groups excluding carboxylic acids is 3. The van der Waals surface area contributed by atoms with Gasteiger partial charge in [0.2, 0.25) is 10.0 Å². The Labute approximate surface area is 296 Å². The number of likely N-dealkylation sites (tertiary alicyclic amines) is 2. The molecule has 4 amide bonds. The fourth-order valence-corrected chi connectivity index (χ4v) is 8.57. The molecule has 2 aromatic rings. The number of urea groups is 1. The Morgan fingerprint density at radius 1 is 0.940 bits per heavy atom. The van der Waals surface area contributed by atoms with Crippen molar-refractivity contribution in [2.45, 2.75) is 63.6 Å². The number of amides is 4. The van der Waals surface area contributed by atoms with Gasteiger partial charge in [0.1, 0.15) is 13.6 Å². The molecule has 1 atom stereocenters. The molecule has 3 fully saturated rings. The van der Waals surface area contributed by atoms with E-state index in [1.54, 1.807) is 28.9 Å². The minimum absolute atomic E-state index is 0.0158. The summed E-state index contributed by atoms with van der Waals surface area (Å²) in [4.78, 5) is 48.2. The lowest BCUT2D eigenvalue weighted by atomic mass is 9.89. The van der Waals surface area contributed by atoms with Crippen LogP contribution in [0.4, 0.5) is 15.3 Å². The van der Waals surface area contributed by atoms with Gasteiger partial charge in [0.15, 0.2) is 6.10 Å². The predicted octanol–water partition coefficient (Wildman–Crippen LogP) is 1.66. The van der Waals surface area contributed by atoms with E-state index < -0.39 is 22.2 Å². The SMILES string of the molecule is [B]c1cc(C[C@@H](OC(=O)N2CCC(N3CCc4ccccc4NC3=O)CC2)C(=O)N2CCC(N3CCN(S(C)(=O)=O)CC3)CC2)cc(C)c1O. The molecule has 3 saturated heterocycles. The van der Waals surface area contributed by atoms with Crippen LogP contribution < -0.4 is 10.8 Å². The summed E-state index contributed by atoms with van der Waals surface area (Å²) in [5, 5.41) is 13.2. The summed E-state index contributed by atoms with van der Waals surface area (Å²) < 4.78 is 31.4. The largest absolute Gasteiger partial charge is 0.508 e. The number of carbonyl (C=O) groups is 3. The van der Waals surface area contributed by atoms with Crippen molar-refractivity contribution in [2.24, 2.45) is 0 Å². The van der Waals surface area contributed by atoms with Gasteiger partial charge in [-0.25, -0.2) is 18.0 Å². The molecule has 0 aromatic heterocycles. The van der Waals surface area contributed by atoms with Crippen LogP contribution in [-0.2, 0) is 32.4 Å². The van der Waals surface area contributed by atoms with E-state index in [0.717, 1.165) is 30.5 Å². The van der Waals surface area contributed by atoms with Gasteiger partial charge in [0.25, 0.3) is 5.91 Å². The second-order valence-electron chi connectivity index (χ2n) is 13.9. The fourth-order valence-electron chi connectivity index (χ4n) is 7.75. The molecule has 0 saturated carbocycles. The fraction of sp³-hybridized carbons (Fsp3) is 0.571. The number of piperidine rings is 2. The minimum atomic E-state index is -3.21. The van der Waals surface area contributed by atoms with Gasteiger partial charge in [-0.1, -0.05) is 35.8 Å². The number of benzene rings is 2. The van der Waals surface area contributed by atoms with Crippen LogP contribution >= 0.6 is 0 Å². The van der Waals surface area contributed by atoms with Gasteiger partial charge in [-0.15, -0.1) is 0 Å². The first-order chi connectivity index (χ1) is 23.9. The Kier molecular flexibility index (Phi) is 10.9. The van der Waals surface area contributed by atoms with Crippen LogP contribution in [0.15, 0.2) is 36.4 Å². The molecule has 0 unspecified atom stereocenters. The quantitative estimate of drug-likeness (QED) is 0.415. The van der Waals surface area contributed by atoms with Crippen LogP contribution in [0.1, 0.15) is 42.4 Å². The lowest BCUT2D eigenvalue weighted by Gasteiger charge is -2.42. The molecule has 13 nitrogen and oxygen atoms in total. The zero-order valence-electron chi connectivity index (χ0n) is 28.9. The summed E-state index contributed by atoms with van der Waals surface area (Å²) in [6, 6.07) is 11.2. The van der Waals surface area contributed by atoms with E-state index in [4.69, 9.17) is 12.6 Å². The highest BCUT2D eigenvalue weighted by atomic mass is 32.2. The number of nitrogens with one attached hydrogen (secondary N) is 1. The van der Waals surface area contributed by atoms with Gasteiger partial charge in [-0.3, -0.25) is 9.69 Å². The lowest BCUT2D eigenvalue weighted by molar-refractivity contribution is -0.142. The topological polar surface area (TPSA) is 143 Å². The number of para-hydroxylation sites is 1. The van der Waals surface area contributed by atoms with Crippen molar-refractivity contribution in [1.82, 2.24) is 23.9 Å². The molecule has 2 N–H and O–H groups in total. The van der Waals surface area contributed by atoms with Gasteiger partial charge < -0.3 is 29.9 Å². The summed E-state index contributed by atoms with van der Waals surface area (Å²) >= 11 is 0. The van der Waals surface area contributed by atoms with E-state index in [1.807, 2.05) is 29.2 Å². The highest BCUT2D eigenvalue weighted by Gasteiger charge is 2.37. The smallest absolute Gasteiger partial charge is 0.410 e. The van der Waals surface area contributed by atoms with Gasteiger partial charge in [-0.2, -0.15) is 4.31 Å². The van der Waals surface area contributed by atoms with Crippen LogP contribution in [0.25, 0.3) is 0 Å². The molecular formula is C35H47BN6O7S. The van der Waals surface area contributed by atoms with Crippen LogP contribution in [0.5, 0.6) is 5.75 Å². The number of sulfonamides is 1. The zero-order chi connectivity index (χ0) is 35.6. The molecule has 0 spiro atoms. The third-order valence-electron chi connectivity index (χ3n) is 10.7. The molecule has 2 radical (unpaired) electrons. The average Bonchev–Trinajstić information content (AvgIpc) is 3.27. The lowest BCUT2D eigenvalue weighted by Crippen LogP contribution is -2.55. The van der Waals surface area contributed by atoms with E-state index in [-0.39, 0.29) is 41.7 Å². The zero-order valence-corrected chi connectivity index (χ0v) is 29.7. The highest BCUT2D eigenvalue weighted by molar-refractivity contribution is 7.88. The normalized spacial score (nSPS) is 20.9. The summed E-state index contributed by atoms with van der Waals surface area (Å²) in [5.41, 5.74) is 3.37. The molecule has 4 aliphatic heterocycles. The maximum absolute atomic E-state index is 14.0. The van der Waals surface area contributed by atoms with E-state index in [2.05, 4.69) is 10.2 Å². The van der Waals surface area contributed by atoms with Crippen LogP contribution in [0.3, 0.4) is 0 Å². The Balaban J connectivity index is 1.07. The number of fused-ring (bicyclic) bond motifs is 1. The minimum Gasteiger partial charge on any atom is -0.508 e. The van der Waals surface area contributed by atoms with Crippen molar-refractivity contribution in [3.05, 3.63) is 53.1 Å². The van der Waals surface area contributed by atoms with Crippen molar-refractivity contribution < 1.29 is 32.6 Å². The van der Waals surface area contributed by atoms with Crippen LogP contribution in [0, 0.1) is 6.92 Å². The number of nitrogens with zero attached hydrogens (tertiary/aromatic N) is 5. The third-order valence-corrected chi connectivity index (χ3v) is 12.0. The number of anilines is 1. The first-order valence-electron chi connectivity index (χ1n) is 17.5. The first kappa shape index (κ1) is 36.0. The van der Waals surface area contributed by atoms with Gasteiger partial charge >= 0.3 is 12.1 Å². The average molecular weight is 707 g/mol. The van der Waals surface area contributed by atoms with Crippen molar-refractivity contribution >= 4 is 47.1 Å². The molecule has 4 heterocycles. The van der Waals surface area contributed by atoms with Crippen molar-refractivity contribution in [2.75, 3.05) is 70.5 Å². The number of aromatic hydroxyl groups is 1. The number of hydrogen-bond acceptors (Lipinski definition) is 8. The Bertz CT molecular complexity index is 1660. The monoisotopic (exact) mass is 706 g/mol. The van der Waals surface area contributed by atoms with Gasteiger partial charge in [0.05, 0.1) is 6.26 Å². The standard InChI is InChI=1S/C35H47BN6O7S/c1-24-21-25(22-29(36)32(24)43)23-31(33(44)39-12-8-27(9-13-39)38-17-19-41(20-18-38)50(2,47)48)49-35(46)40-14-10-28(11-15-40)42-16-7-26-5-3-4-6-30(26)37-34(42)45/h3-6,21-22,27-28,31,43H,7-20,23H2,1-2H3,(H,37,45)/t31-/m1/s1. The number of rotatable bonds is 7. The summed E-state index contributed by atoms with van der Waals surface area (Å²) in [6.07, 6.45) is 3.09. The molecule has 0 aliphatic carbocycles. The van der Waals surface area contributed by atoms with E-state index >= 15 is 0 Å². The molecule has 0 bridgehead atoms. The van der Waals surface area contributed by atoms with Crippen molar-refractivity contribution in [3.8, 4) is 5.75 Å². The number of piperazine rings is 1. The van der Waals surface area contributed by atoms with E-state index in [1.165, 1.54) is 10.6 Å². The van der Waals surface area contributed by atoms with E-state index in [0.29, 0.717) is 82.9 Å². The molecule has 6 rings (SSSR count). The number of ether oxygens (including phenoxy) is 1. The van der Waals surface area contributed by atoms with Crippen LogP contribution in [-0.4, -0.2) is 147 Å². The summed E-state index contributed by atoms with van der Waals surface area (Å²) in [7, 11) is 2.82. The Morgan fingerprint density at radius 3 is 2.24 bits per heavy atom. The van der Waals surface area contributed by atoms with Crippen LogP contribution in [0.2, 0.25) is 0 Å². The molecule has 268 valence electrons. The summed E-state index contributed by atoms with van der Waals surface area (Å²) in [6.45, 7) is 6.32. The number of phenolic OH excluding ortho intramolecular Hbond substituents is 1. The van der Waals surface area contributed by atoms with E-state index in [9.17, 15) is 27.9 Å². The van der Waals surface area contributed by atoms with Gasteiger partial charge in [-0.05, 0) is 61.8 Å². The van der Waals surface area contributed by atoms with Gasteiger partial charge in [0, 0.05) is 83.1 Å². The Hall–Kier alpha value is -3.82. The van der Waals surface area contributed by atoms with Crippen molar-refractivity contribution in [1.29, 1.82) is 0 Å². The predicted molar refractivity (Wildman–Crippen MR) is 190 cm³/mol. The molecule has 15 heteroatoms. The number of aryl methyl sites for hydroxylation is 1. The maximum Gasteiger partial charge on any atom is 0.410 e. The second kappa shape index (κ2) is 15.2.